The molecule has 1 aromatic rings. The molecule has 0 saturated carbocycles. The van der Waals surface area contributed by atoms with Crippen LogP contribution in [0.15, 0.2) is 18.2 Å². The Morgan fingerprint density at radius 2 is 2.16 bits per heavy atom. The van der Waals surface area contributed by atoms with Gasteiger partial charge in [0.2, 0.25) is 0 Å². The van der Waals surface area contributed by atoms with E-state index in [1.165, 1.54) is 11.1 Å². The van der Waals surface area contributed by atoms with Gasteiger partial charge < -0.3 is 15.4 Å². The van der Waals surface area contributed by atoms with Gasteiger partial charge in [-0.2, -0.15) is 0 Å². The number of nitrogens with zero attached hydrogens (tertiary/aromatic N) is 1. The number of ether oxygens (including phenoxy) is 1. The van der Waals surface area contributed by atoms with Crippen LogP contribution in [0.3, 0.4) is 0 Å². The second-order valence-corrected chi connectivity index (χ2v) is 6.42. The van der Waals surface area contributed by atoms with Gasteiger partial charge in [-0.15, -0.1) is 0 Å². The molecule has 0 bridgehead atoms. The predicted octanol–water partition coefficient (Wildman–Crippen LogP) is 2.43. The second kappa shape index (κ2) is 5.93. The lowest BCUT2D eigenvalue weighted by Gasteiger charge is -2.30. The van der Waals surface area contributed by atoms with Crippen molar-refractivity contribution in [3.63, 3.8) is 0 Å². The van der Waals surface area contributed by atoms with Crippen molar-refractivity contribution in [2.24, 2.45) is 11.1 Å². The van der Waals surface area contributed by atoms with Crippen molar-refractivity contribution in [2.75, 3.05) is 26.7 Å². The first kappa shape index (κ1) is 14.4. The van der Waals surface area contributed by atoms with E-state index >= 15 is 0 Å². The standard InChI is InChI=1S/C16H26N2O/c1-16(2,7-8-17)12-18(3)11-13-4-5-15-14(10-13)6-9-19-15/h4-5,10H,6-9,11-12,17H2,1-3H3. The van der Waals surface area contributed by atoms with E-state index in [2.05, 4.69) is 44.0 Å². The number of nitrogens with two attached hydrogens (primary N) is 1. The maximum Gasteiger partial charge on any atom is 0.122 e. The quantitative estimate of drug-likeness (QED) is 0.855. The molecule has 0 aliphatic carbocycles. The Balaban J connectivity index is 1.93. The van der Waals surface area contributed by atoms with Crippen molar-refractivity contribution in [3.05, 3.63) is 29.3 Å². The summed E-state index contributed by atoms with van der Waals surface area (Å²) in [6, 6.07) is 6.57. The third-order valence-corrected chi connectivity index (χ3v) is 3.73. The average Bonchev–Trinajstić information content (AvgIpc) is 2.74. The minimum atomic E-state index is 0.281. The van der Waals surface area contributed by atoms with Crippen LogP contribution in [0.4, 0.5) is 0 Å². The fourth-order valence-corrected chi connectivity index (χ4v) is 2.91. The van der Waals surface area contributed by atoms with Crippen molar-refractivity contribution < 1.29 is 4.74 Å². The van der Waals surface area contributed by atoms with Crippen molar-refractivity contribution >= 4 is 0 Å². The van der Waals surface area contributed by atoms with Crippen molar-refractivity contribution in [3.8, 4) is 5.75 Å². The summed E-state index contributed by atoms with van der Waals surface area (Å²) in [6.45, 7) is 8.22. The average molecular weight is 262 g/mol. The minimum absolute atomic E-state index is 0.281. The summed E-state index contributed by atoms with van der Waals surface area (Å²) in [5.74, 6) is 1.06. The van der Waals surface area contributed by atoms with Crippen LogP contribution in [0.1, 0.15) is 31.4 Å². The zero-order valence-corrected chi connectivity index (χ0v) is 12.4. The van der Waals surface area contributed by atoms with Gasteiger partial charge in [0.15, 0.2) is 0 Å². The van der Waals surface area contributed by atoms with E-state index in [4.69, 9.17) is 10.5 Å². The Morgan fingerprint density at radius 1 is 1.37 bits per heavy atom. The number of hydrogen-bond donors (Lipinski definition) is 1. The zero-order valence-electron chi connectivity index (χ0n) is 12.4. The summed E-state index contributed by atoms with van der Waals surface area (Å²) in [4.78, 5) is 2.38. The van der Waals surface area contributed by atoms with Gasteiger partial charge in [0.05, 0.1) is 6.61 Å². The first-order chi connectivity index (χ1) is 9.00. The van der Waals surface area contributed by atoms with E-state index in [-0.39, 0.29) is 5.41 Å². The topological polar surface area (TPSA) is 38.5 Å². The number of hydrogen-bond acceptors (Lipinski definition) is 3. The largest absolute Gasteiger partial charge is 0.493 e. The van der Waals surface area contributed by atoms with Crippen LogP contribution >= 0.6 is 0 Å². The molecular weight excluding hydrogens is 236 g/mol. The molecule has 1 aliphatic heterocycles. The Morgan fingerprint density at radius 3 is 2.89 bits per heavy atom. The monoisotopic (exact) mass is 262 g/mol. The van der Waals surface area contributed by atoms with E-state index in [1.807, 2.05) is 0 Å². The minimum Gasteiger partial charge on any atom is -0.493 e. The smallest absolute Gasteiger partial charge is 0.122 e. The molecule has 1 heterocycles. The Labute approximate surface area is 116 Å². The van der Waals surface area contributed by atoms with Crippen molar-refractivity contribution in [2.45, 2.75) is 33.2 Å². The third-order valence-electron chi connectivity index (χ3n) is 3.73. The summed E-state index contributed by atoms with van der Waals surface area (Å²) >= 11 is 0. The fraction of sp³-hybridized carbons (Fsp3) is 0.625. The second-order valence-electron chi connectivity index (χ2n) is 6.42. The third kappa shape index (κ3) is 3.95. The van der Waals surface area contributed by atoms with E-state index in [9.17, 15) is 0 Å². The van der Waals surface area contributed by atoms with E-state index < -0.39 is 0 Å². The molecule has 2 N–H and O–H groups in total. The zero-order chi connectivity index (χ0) is 13.9. The molecule has 3 heteroatoms. The lowest BCUT2D eigenvalue weighted by molar-refractivity contribution is 0.195. The summed E-state index contributed by atoms with van der Waals surface area (Å²) < 4.78 is 5.54. The van der Waals surface area contributed by atoms with Gasteiger partial charge in [0, 0.05) is 19.5 Å². The molecule has 0 unspecified atom stereocenters. The van der Waals surface area contributed by atoms with E-state index in [0.717, 1.165) is 44.8 Å². The van der Waals surface area contributed by atoms with Gasteiger partial charge in [-0.1, -0.05) is 26.0 Å². The van der Waals surface area contributed by atoms with Crippen LogP contribution in [-0.4, -0.2) is 31.6 Å². The Hall–Kier alpha value is -1.06. The van der Waals surface area contributed by atoms with Crippen LogP contribution in [-0.2, 0) is 13.0 Å². The first-order valence-corrected chi connectivity index (χ1v) is 7.13. The van der Waals surface area contributed by atoms with Crippen LogP contribution in [0.5, 0.6) is 5.75 Å². The molecule has 1 aromatic carbocycles. The SMILES string of the molecule is CN(Cc1ccc2c(c1)CCO2)CC(C)(C)CCN. The normalized spacial score (nSPS) is 14.6. The summed E-state index contributed by atoms with van der Waals surface area (Å²) in [5, 5.41) is 0. The summed E-state index contributed by atoms with van der Waals surface area (Å²) in [7, 11) is 2.18. The van der Waals surface area contributed by atoms with Gasteiger partial charge in [-0.05, 0) is 42.6 Å². The number of rotatable bonds is 6. The molecule has 0 spiro atoms. The van der Waals surface area contributed by atoms with Gasteiger partial charge in [-0.25, -0.2) is 0 Å². The molecule has 19 heavy (non-hydrogen) atoms. The van der Waals surface area contributed by atoms with E-state index in [0.29, 0.717) is 0 Å². The lowest BCUT2D eigenvalue weighted by atomic mass is 9.89. The van der Waals surface area contributed by atoms with Gasteiger partial charge in [0.1, 0.15) is 5.75 Å². The molecule has 106 valence electrons. The molecule has 1 aliphatic rings. The number of benzene rings is 1. The maximum absolute atomic E-state index is 5.67. The summed E-state index contributed by atoms with van der Waals surface area (Å²) in [5.41, 5.74) is 8.68. The molecule has 2 rings (SSSR count). The molecule has 0 saturated heterocycles. The maximum atomic E-state index is 5.67. The fourth-order valence-electron chi connectivity index (χ4n) is 2.91. The molecule has 0 amide bonds. The molecule has 3 nitrogen and oxygen atoms in total. The molecule has 0 atom stereocenters. The summed E-state index contributed by atoms with van der Waals surface area (Å²) in [6.07, 6.45) is 2.11. The Kier molecular flexibility index (Phi) is 4.48. The first-order valence-electron chi connectivity index (χ1n) is 7.13. The van der Waals surface area contributed by atoms with Crippen molar-refractivity contribution in [1.29, 1.82) is 0 Å². The molecule has 0 fully saturated rings. The van der Waals surface area contributed by atoms with Crippen LogP contribution < -0.4 is 10.5 Å². The number of fused-ring (bicyclic) bond motifs is 1. The van der Waals surface area contributed by atoms with Gasteiger partial charge in [-0.3, -0.25) is 0 Å². The van der Waals surface area contributed by atoms with E-state index in [1.54, 1.807) is 0 Å². The highest BCUT2D eigenvalue weighted by Gasteiger charge is 2.19. The highest BCUT2D eigenvalue weighted by Crippen LogP contribution is 2.27. The Bertz CT molecular complexity index is 429. The highest BCUT2D eigenvalue weighted by molar-refractivity contribution is 5.39. The molecule has 0 aromatic heterocycles. The molecule has 0 radical (unpaired) electrons. The van der Waals surface area contributed by atoms with Crippen molar-refractivity contribution in [1.82, 2.24) is 4.90 Å². The van der Waals surface area contributed by atoms with Crippen LogP contribution in [0, 0.1) is 5.41 Å². The molecular formula is C16H26N2O. The highest BCUT2D eigenvalue weighted by atomic mass is 16.5. The van der Waals surface area contributed by atoms with Crippen LogP contribution in [0.2, 0.25) is 0 Å². The van der Waals surface area contributed by atoms with Gasteiger partial charge in [0.25, 0.3) is 0 Å². The lowest BCUT2D eigenvalue weighted by Crippen LogP contribution is -2.32. The van der Waals surface area contributed by atoms with Crippen LogP contribution in [0.25, 0.3) is 0 Å². The predicted molar refractivity (Wildman–Crippen MR) is 79.4 cm³/mol. The van der Waals surface area contributed by atoms with Gasteiger partial charge >= 0.3 is 0 Å².